The highest BCUT2D eigenvalue weighted by molar-refractivity contribution is 5.91. The molecule has 0 atom stereocenters. The number of rotatable bonds is 3. The molecule has 0 aliphatic heterocycles. The van der Waals surface area contributed by atoms with Crippen molar-refractivity contribution in [3.05, 3.63) is 60.3 Å². The van der Waals surface area contributed by atoms with Crippen LogP contribution in [0, 0.1) is 5.82 Å². The van der Waals surface area contributed by atoms with Crippen LogP contribution in [0.15, 0.2) is 48.7 Å². The normalized spacial score (nSPS) is 15.9. The molecule has 6 nitrogen and oxygen atoms in total. The minimum atomic E-state index is -5.19. The maximum atomic E-state index is 13.3. The number of carbonyl (C=O) groups excluding carboxylic acids is 2. The van der Waals surface area contributed by atoms with Crippen LogP contribution in [0.2, 0.25) is 0 Å². The van der Waals surface area contributed by atoms with Crippen LogP contribution in [0.1, 0.15) is 36.3 Å². The van der Waals surface area contributed by atoms with Gasteiger partial charge in [-0.25, -0.2) is 18.2 Å². The van der Waals surface area contributed by atoms with Crippen molar-refractivity contribution in [2.45, 2.75) is 43.8 Å². The number of amides is 1. The number of alkyl halides is 5. The van der Waals surface area contributed by atoms with Crippen molar-refractivity contribution in [3.63, 3.8) is 0 Å². The molecule has 1 saturated carbocycles. The molecule has 1 amide bonds. The summed E-state index contributed by atoms with van der Waals surface area (Å²) in [5, 5.41) is 11.6. The average Bonchev–Trinajstić information content (AvgIpc) is 3.15. The Kier molecular flexibility index (Phi) is 7.18. The molecular weight excluding hydrogens is 468 g/mol. The Hall–Kier alpha value is -3.57. The molecule has 2 aromatic heterocycles. The van der Waals surface area contributed by atoms with E-state index in [0.29, 0.717) is 11.5 Å². The molecule has 3 aromatic rings. The van der Waals surface area contributed by atoms with Gasteiger partial charge in [-0.1, -0.05) is 6.07 Å². The van der Waals surface area contributed by atoms with Gasteiger partial charge in [0, 0.05) is 24.4 Å². The summed E-state index contributed by atoms with van der Waals surface area (Å²) < 4.78 is 73.1. The first-order chi connectivity index (χ1) is 15.9. The van der Waals surface area contributed by atoms with E-state index in [1.165, 1.54) is 12.1 Å². The van der Waals surface area contributed by atoms with Gasteiger partial charge in [0.2, 0.25) is 5.92 Å². The van der Waals surface area contributed by atoms with Crippen molar-refractivity contribution < 1.29 is 45.4 Å². The summed E-state index contributed by atoms with van der Waals surface area (Å²) >= 11 is 0. The Morgan fingerprint density at radius 1 is 1.06 bits per heavy atom. The van der Waals surface area contributed by atoms with Crippen molar-refractivity contribution in [1.29, 1.82) is 0 Å². The number of halogens is 6. The predicted molar refractivity (Wildman–Crippen MR) is 105 cm³/mol. The minimum Gasteiger partial charge on any atom is -0.542 e. The third kappa shape index (κ3) is 6.06. The van der Waals surface area contributed by atoms with E-state index in [1.54, 1.807) is 28.8 Å². The Morgan fingerprint density at radius 2 is 1.65 bits per heavy atom. The molecule has 0 saturated heterocycles. The summed E-state index contributed by atoms with van der Waals surface area (Å²) in [5.41, 5.74) is 2.21. The van der Waals surface area contributed by atoms with Crippen molar-refractivity contribution in [1.82, 2.24) is 10.3 Å². The third-order valence-corrected chi connectivity index (χ3v) is 5.23. The van der Waals surface area contributed by atoms with E-state index < -0.39 is 18.1 Å². The Balaban J connectivity index is 0.000000406. The lowest BCUT2D eigenvalue weighted by atomic mass is 9.92. The first-order valence-corrected chi connectivity index (χ1v) is 10.1. The maximum absolute atomic E-state index is 13.3. The van der Waals surface area contributed by atoms with Crippen molar-refractivity contribution >= 4 is 17.4 Å². The Morgan fingerprint density at radius 3 is 2.21 bits per heavy atom. The molecule has 34 heavy (non-hydrogen) atoms. The van der Waals surface area contributed by atoms with E-state index in [0.717, 1.165) is 11.1 Å². The SMILES string of the molecule is O=C(NC1CCC(F)(F)CC1)c1[nH]c(-c2ccc(F)cc2)c2cccc[n+]12.O=C([O-])C(F)(F)F. The van der Waals surface area contributed by atoms with Crippen LogP contribution < -0.4 is 14.8 Å². The molecule has 2 N–H and O–H groups in total. The predicted octanol–water partition coefficient (Wildman–Crippen LogP) is 3.17. The zero-order chi connectivity index (χ0) is 25.1. The van der Waals surface area contributed by atoms with E-state index in [-0.39, 0.29) is 43.4 Å². The van der Waals surface area contributed by atoms with Gasteiger partial charge in [-0.15, -0.1) is 0 Å². The number of carboxylic acid groups (broad SMARTS) is 1. The molecule has 182 valence electrons. The lowest BCUT2D eigenvalue weighted by Gasteiger charge is -2.28. The summed E-state index contributed by atoms with van der Waals surface area (Å²) in [4.78, 5) is 24.7. The van der Waals surface area contributed by atoms with Crippen molar-refractivity contribution in [2.24, 2.45) is 0 Å². The maximum Gasteiger partial charge on any atom is 0.430 e. The zero-order valence-corrected chi connectivity index (χ0v) is 17.5. The first kappa shape index (κ1) is 25.1. The summed E-state index contributed by atoms with van der Waals surface area (Å²) in [6.07, 6.45) is -3.35. The van der Waals surface area contributed by atoms with E-state index >= 15 is 0 Å². The van der Waals surface area contributed by atoms with Gasteiger partial charge in [0.15, 0.2) is 11.2 Å². The van der Waals surface area contributed by atoms with Gasteiger partial charge < -0.3 is 15.2 Å². The van der Waals surface area contributed by atoms with Crippen LogP contribution in [0.25, 0.3) is 16.8 Å². The lowest BCUT2D eigenvalue weighted by molar-refractivity contribution is -0.514. The molecular formula is C22H19F6N3O3. The second-order valence-electron chi connectivity index (χ2n) is 7.70. The largest absolute Gasteiger partial charge is 0.542 e. The molecule has 1 aromatic carbocycles. The monoisotopic (exact) mass is 487 g/mol. The van der Waals surface area contributed by atoms with E-state index in [4.69, 9.17) is 9.90 Å². The number of imidazole rings is 1. The number of H-pyrrole nitrogens is 1. The van der Waals surface area contributed by atoms with Crippen LogP contribution in [0.5, 0.6) is 0 Å². The molecule has 0 bridgehead atoms. The smallest absolute Gasteiger partial charge is 0.430 e. The van der Waals surface area contributed by atoms with E-state index in [9.17, 15) is 31.1 Å². The van der Waals surface area contributed by atoms with E-state index in [1.807, 2.05) is 12.1 Å². The molecule has 0 radical (unpaired) electrons. The van der Waals surface area contributed by atoms with Crippen LogP contribution in [0.3, 0.4) is 0 Å². The Bertz CT molecular complexity index is 1160. The van der Waals surface area contributed by atoms with Gasteiger partial charge in [-0.05, 0) is 49.2 Å². The molecule has 2 heterocycles. The number of nitrogens with zero attached hydrogens (tertiary/aromatic N) is 1. The minimum absolute atomic E-state index is 0.211. The molecule has 12 heteroatoms. The molecule has 4 rings (SSSR count). The number of nitrogens with one attached hydrogen (secondary N) is 2. The second-order valence-corrected chi connectivity index (χ2v) is 7.70. The van der Waals surface area contributed by atoms with Crippen LogP contribution >= 0.6 is 0 Å². The number of carboxylic acids is 1. The number of fused-ring (bicyclic) bond motifs is 1. The first-order valence-electron chi connectivity index (χ1n) is 10.1. The van der Waals surface area contributed by atoms with Gasteiger partial charge in [0.25, 0.3) is 0 Å². The number of aromatic nitrogens is 2. The van der Waals surface area contributed by atoms with Gasteiger partial charge in [-0.3, -0.25) is 4.79 Å². The standard InChI is InChI=1S/C20H18F3N3O.C2HF3O2/c21-14-6-4-13(5-7-14)17-16-3-1-2-12-26(16)18(25-17)19(27)24-15-8-10-20(22,23)11-9-15;3-2(4,5)1(6)7/h1-7,12,15H,8-11H2,(H,24,27);(H,6,7). The summed E-state index contributed by atoms with van der Waals surface area (Å²) in [6.45, 7) is 0. The zero-order valence-electron chi connectivity index (χ0n) is 17.5. The fraction of sp³-hybridized carbons (Fsp3) is 0.318. The van der Waals surface area contributed by atoms with Crippen molar-refractivity contribution in [2.75, 3.05) is 0 Å². The molecule has 0 spiro atoms. The van der Waals surface area contributed by atoms with Gasteiger partial charge in [-0.2, -0.15) is 17.6 Å². The number of carbonyl (C=O) groups is 2. The number of hydrogen-bond donors (Lipinski definition) is 2. The molecule has 1 aliphatic carbocycles. The number of benzene rings is 1. The number of hydrogen-bond acceptors (Lipinski definition) is 3. The van der Waals surface area contributed by atoms with Crippen LogP contribution in [-0.4, -0.2) is 35.0 Å². The molecule has 1 aliphatic rings. The number of aromatic amines is 1. The van der Waals surface area contributed by atoms with Crippen molar-refractivity contribution in [3.8, 4) is 11.3 Å². The number of aliphatic carboxylic acids is 1. The van der Waals surface area contributed by atoms with Crippen LogP contribution in [0.4, 0.5) is 26.3 Å². The van der Waals surface area contributed by atoms with Gasteiger partial charge >= 0.3 is 17.9 Å². The highest BCUT2D eigenvalue weighted by Gasteiger charge is 2.36. The fourth-order valence-electron chi connectivity index (χ4n) is 3.53. The van der Waals surface area contributed by atoms with E-state index in [2.05, 4.69) is 10.3 Å². The summed E-state index contributed by atoms with van der Waals surface area (Å²) in [7, 11) is 0. The number of pyridine rings is 1. The fourth-order valence-corrected chi connectivity index (χ4v) is 3.53. The topological polar surface area (TPSA) is 89.1 Å². The molecule has 0 unspecified atom stereocenters. The quantitative estimate of drug-likeness (QED) is 0.440. The lowest BCUT2D eigenvalue weighted by Crippen LogP contribution is -2.43. The Labute approximate surface area is 189 Å². The third-order valence-electron chi connectivity index (χ3n) is 5.23. The molecule has 1 fully saturated rings. The van der Waals surface area contributed by atoms with Gasteiger partial charge in [0.1, 0.15) is 11.8 Å². The second kappa shape index (κ2) is 9.74. The summed E-state index contributed by atoms with van der Waals surface area (Å²) in [6, 6.07) is 11.2. The summed E-state index contributed by atoms with van der Waals surface area (Å²) in [5.74, 6) is -6.02. The highest BCUT2D eigenvalue weighted by Crippen LogP contribution is 2.33. The average molecular weight is 487 g/mol. The van der Waals surface area contributed by atoms with Crippen LogP contribution in [-0.2, 0) is 4.79 Å². The van der Waals surface area contributed by atoms with Gasteiger partial charge in [0.05, 0.1) is 6.20 Å². The highest BCUT2D eigenvalue weighted by atomic mass is 19.4.